The van der Waals surface area contributed by atoms with E-state index in [4.69, 9.17) is 14.6 Å². The van der Waals surface area contributed by atoms with E-state index in [2.05, 4.69) is 20.4 Å². The lowest BCUT2D eigenvalue weighted by molar-refractivity contribution is -0.156. The van der Waals surface area contributed by atoms with Crippen LogP contribution in [0.3, 0.4) is 0 Å². The second-order valence-electron chi connectivity index (χ2n) is 8.64. The molecule has 9 nitrogen and oxygen atoms in total. The monoisotopic (exact) mass is 417 g/mol. The maximum atomic E-state index is 12.0. The molecule has 164 valence electrons. The number of rotatable bonds is 5. The molecule has 1 saturated carbocycles. The number of pyridine rings is 1. The largest absolute Gasteiger partial charge is 0.483 e. The minimum atomic E-state index is -0.405. The summed E-state index contributed by atoms with van der Waals surface area (Å²) >= 11 is 0. The third kappa shape index (κ3) is 7.88. The van der Waals surface area contributed by atoms with Crippen LogP contribution in [0.15, 0.2) is 18.3 Å². The van der Waals surface area contributed by atoms with E-state index in [0.717, 1.165) is 43.5 Å². The van der Waals surface area contributed by atoms with Crippen LogP contribution in [0, 0.1) is 18.8 Å². The quantitative estimate of drug-likeness (QED) is 0.581. The van der Waals surface area contributed by atoms with Gasteiger partial charge in [-0.15, -0.1) is 10.2 Å². The van der Waals surface area contributed by atoms with Gasteiger partial charge in [0.15, 0.2) is 0 Å². The number of carbonyl (C=O) groups excluding carboxylic acids is 1. The molecule has 0 aliphatic heterocycles. The first-order valence-electron chi connectivity index (χ1n) is 10.2. The molecule has 2 heterocycles. The number of tetrazole rings is 1. The highest BCUT2D eigenvalue weighted by Crippen LogP contribution is 2.32. The van der Waals surface area contributed by atoms with Crippen LogP contribution >= 0.6 is 0 Å². The number of hydrogen-bond donors (Lipinski definition) is 1. The van der Waals surface area contributed by atoms with Gasteiger partial charge in [0.1, 0.15) is 5.60 Å². The minimum Gasteiger partial charge on any atom is -0.483 e. The third-order valence-electron chi connectivity index (χ3n) is 4.87. The fourth-order valence-corrected chi connectivity index (χ4v) is 3.59. The number of aromatic nitrogens is 5. The fourth-order valence-electron chi connectivity index (χ4n) is 3.59. The zero-order valence-corrected chi connectivity index (χ0v) is 18.1. The summed E-state index contributed by atoms with van der Waals surface area (Å²) in [5, 5.41) is 19.8. The van der Waals surface area contributed by atoms with Gasteiger partial charge in [-0.1, -0.05) is 0 Å². The van der Waals surface area contributed by atoms with Gasteiger partial charge in [-0.05, 0) is 82.6 Å². The molecule has 30 heavy (non-hydrogen) atoms. The maximum absolute atomic E-state index is 12.0. The molecular weight excluding hydrogens is 386 g/mol. The van der Waals surface area contributed by atoms with E-state index >= 15 is 0 Å². The van der Waals surface area contributed by atoms with Gasteiger partial charge >= 0.3 is 5.97 Å². The summed E-state index contributed by atoms with van der Waals surface area (Å²) in [5.41, 5.74) is 1.47. The van der Waals surface area contributed by atoms with Crippen LogP contribution < -0.4 is 0 Å². The van der Waals surface area contributed by atoms with Crippen molar-refractivity contribution in [2.75, 3.05) is 0 Å². The zero-order valence-electron chi connectivity index (χ0n) is 18.1. The molecular formula is C21H31N5O4. The van der Waals surface area contributed by atoms with Gasteiger partial charge in [-0.25, -0.2) is 0 Å². The molecule has 1 N–H and O–H groups in total. The van der Waals surface area contributed by atoms with Crippen LogP contribution in [0.5, 0.6) is 0 Å². The van der Waals surface area contributed by atoms with E-state index in [9.17, 15) is 4.79 Å². The molecule has 0 amide bonds. The molecule has 1 aliphatic rings. The van der Waals surface area contributed by atoms with Crippen molar-refractivity contribution in [3.8, 4) is 11.4 Å². The Labute approximate surface area is 176 Å². The van der Waals surface area contributed by atoms with Crippen molar-refractivity contribution in [2.24, 2.45) is 11.8 Å². The van der Waals surface area contributed by atoms with E-state index in [1.807, 2.05) is 39.8 Å². The second-order valence-corrected chi connectivity index (χ2v) is 8.64. The Kier molecular flexibility index (Phi) is 8.44. The number of esters is 1. The SMILES string of the molecule is Cc1cc(-c2nnn(C[C@H]3CC[C@H](CC(=O)OC(C)(C)C)CC3)n2)ccn1.O=CO. The highest BCUT2D eigenvalue weighted by molar-refractivity contribution is 5.70. The summed E-state index contributed by atoms with van der Waals surface area (Å²) in [6, 6.07) is 3.86. The van der Waals surface area contributed by atoms with E-state index in [1.165, 1.54) is 0 Å². The van der Waals surface area contributed by atoms with Gasteiger partial charge in [-0.2, -0.15) is 4.80 Å². The normalized spacial score (nSPS) is 18.8. The summed E-state index contributed by atoms with van der Waals surface area (Å²) in [7, 11) is 0. The number of hydrogen-bond acceptors (Lipinski definition) is 7. The van der Waals surface area contributed by atoms with Gasteiger partial charge in [0.05, 0.1) is 6.54 Å². The summed E-state index contributed by atoms with van der Waals surface area (Å²) in [6.45, 7) is 8.21. The Hall–Kier alpha value is -2.84. The van der Waals surface area contributed by atoms with Crippen LogP contribution in [0.4, 0.5) is 0 Å². The first-order chi connectivity index (χ1) is 14.2. The Balaban J connectivity index is 0.00000101. The minimum absolute atomic E-state index is 0.0822. The van der Waals surface area contributed by atoms with Crippen molar-refractivity contribution in [3.63, 3.8) is 0 Å². The fraction of sp³-hybridized carbons (Fsp3) is 0.619. The number of carbonyl (C=O) groups is 2. The van der Waals surface area contributed by atoms with Crippen LogP contribution in [-0.2, 0) is 20.9 Å². The lowest BCUT2D eigenvalue weighted by Gasteiger charge is -2.28. The smallest absolute Gasteiger partial charge is 0.306 e. The standard InChI is InChI=1S/C20H29N5O2.CH2O2/c1-14-11-17(9-10-21-14)19-22-24-25(23-19)13-16-7-5-15(6-8-16)12-18(26)27-20(2,3)4;2-1-3/h9-11,15-16H,5-8,12-13H2,1-4H3;1H,(H,2,3)/t15-,16-;. The Morgan fingerprint density at radius 2 is 1.90 bits per heavy atom. The number of aryl methyl sites for hydroxylation is 1. The lowest BCUT2D eigenvalue weighted by atomic mass is 9.80. The zero-order chi connectivity index (χ0) is 22.1. The molecule has 0 unspecified atom stereocenters. The Morgan fingerprint density at radius 1 is 1.27 bits per heavy atom. The molecule has 3 rings (SSSR count). The Morgan fingerprint density at radius 3 is 2.50 bits per heavy atom. The highest BCUT2D eigenvalue weighted by atomic mass is 16.6. The average Bonchev–Trinajstić information content (AvgIpc) is 3.11. The van der Waals surface area contributed by atoms with Crippen molar-refractivity contribution >= 4 is 12.4 Å². The first-order valence-corrected chi connectivity index (χ1v) is 10.2. The van der Waals surface area contributed by atoms with Gasteiger partial charge < -0.3 is 9.84 Å². The average molecular weight is 418 g/mol. The first kappa shape index (κ1) is 23.4. The summed E-state index contributed by atoms with van der Waals surface area (Å²) in [5.74, 6) is 1.51. The van der Waals surface area contributed by atoms with E-state index in [1.54, 1.807) is 11.0 Å². The summed E-state index contributed by atoms with van der Waals surface area (Å²) < 4.78 is 5.44. The molecule has 0 atom stereocenters. The molecule has 1 aliphatic carbocycles. The van der Waals surface area contributed by atoms with Crippen LogP contribution in [0.2, 0.25) is 0 Å². The number of ether oxygens (including phenoxy) is 1. The predicted molar refractivity (Wildman–Crippen MR) is 110 cm³/mol. The predicted octanol–water partition coefficient (Wildman–Crippen LogP) is 3.28. The molecule has 0 aromatic carbocycles. The van der Waals surface area contributed by atoms with Gasteiger partial charge in [0.2, 0.25) is 5.82 Å². The van der Waals surface area contributed by atoms with Gasteiger partial charge in [0, 0.05) is 23.9 Å². The Bertz CT molecular complexity index is 823. The highest BCUT2D eigenvalue weighted by Gasteiger charge is 2.26. The van der Waals surface area contributed by atoms with Crippen molar-refractivity contribution in [3.05, 3.63) is 24.0 Å². The summed E-state index contributed by atoms with van der Waals surface area (Å²) in [6.07, 6.45) is 6.55. The number of carboxylic acid groups (broad SMARTS) is 1. The van der Waals surface area contributed by atoms with Crippen molar-refractivity contribution in [1.82, 2.24) is 25.2 Å². The molecule has 0 radical (unpaired) electrons. The molecule has 9 heteroatoms. The molecule has 0 spiro atoms. The van der Waals surface area contributed by atoms with Crippen LogP contribution in [-0.4, -0.2) is 48.3 Å². The molecule has 2 aromatic heterocycles. The van der Waals surface area contributed by atoms with Gasteiger partial charge in [-0.3, -0.25) is 14.6 Å². The molecule has 0 saturated heterocycles. The maximum Gasteiger partial charge on any atom is 0.306 e. The number of nitrogens with zero attached hydrogens (tertiary/aromatic N) is 5. The second kappa shape index (κ2) is 10.8. The van der Waals surface area contributed by atoms with Crippen molar-refractivity contribution < 1.29 is 19.4 Å². The molecule has 2 aromatic rings. The molecule has 0 bridgehead atoms. The van der Waals surface area contributed by atoms with Crippen LogP contribution in [0.1, 0.15) is 58.6 Å². The lowest BCUT2D eigenvalue weighted by Crippen LogP contribution is -2.27. The van der Waals surface area contributed by atoms with Gasteiger partial charge in [0.25, 0.3) is 6.47 Å². The van der Waals surface area contributed by atoms with Crippen LogP contribution in [0.25, 0.3) is 11.4 Å². The third-order valence-corrected chi connectivity index (χ3v) is 4.87. The van der Waals surface area contributed by atoms with E-state index < -0.39 is 5.60 Å². The van der Waals surface area contributed by atoms with Crippen molar-refractivity contribution in [2.45, 2.75) is 71.9 Å². The molecule has 1 fully saturated rings. The van der Waals surface area contributed by atoms with E-state index in [-0.39, 0.29) is 12.4 Å². The summed E-state index contributed by atoms with van der Waals surface area (Å²) in [4.78, 5) is 26.3. The van der Waals surface area contributed by atoms with E-state index in [0.29, 0.717) is 24.1 Å². The van der Waals surface area contributed by atoms with Crippen molar-refractivity contribution in [1.29, 1.82) is 0 Å². The topological polar surface area (TPSA) is 120 Å².